The molecule has 8 heteroatoms. The standard InChI is InChI=1S/C17H18ClF2N3O2/c1-4-23-8-10(13(22-23)15(19)20)16(24)21-12-6-5-11(18)9-7-17(2,3)25-14(9)12/h5-6,8,15H,4,7H2,1-3H3,(H,21,24). The molecule has 0 saturated carbocycles. The smallest absolute Gasteiger partial charge is 0.282 e. The molecule has 0 spiro atoms. The molecule has 0 saturated heterocycles. The molecule has 0 radical (unpaired) electrons. The minimum Gasteiger partial charge on any atom is -0.485 e. The van der Waals surface area contributed by atoms with Gasteiger partial charge in [-0.3, -0.25) is 9.48 Å². The molecule has 1 amide bonds. The van der Waals surface area contributed by atoms with E-state index in [1.165, 1.54) is 10.9 Å². The summed E-state index contributed by atoms with van der Waals surface area (Å²) >= 11 is 6.21. The first-order chi connectivity index (χ1) is 11.7. The van der Waals surface area contributed by atoms with Gasteiger partial charge in [0.15, 0.2) is 0 Å². The van der Waals surface area contributed by atoms with Gasteiger partial charge in [0.2, 0.25) is 0 Å². The van der Waals surface area contributed by atoms with E-state index in [1.807, 2.05) is 13.8 Å². The van der Waals surface area contributed by atoms with Crippen molar-refractivity contribution in [2.24, 2.45) is 0 Å². The van der Waals surface area contributed by atoms with Gasteiger partial charge in [-0.05, 0) is 32.9 Å². The van der Waals surface area contributed by atoms with Crippen LogP contribution in [-0.4, -0.2) is 21.3 Å². The van der Waals surface area contributed by atoms with Crippen LogP contribution in [0.15, 0.2) is 18.3 Å². The van der Waals surface area contributed by atoms with Crippen LogP contribution in [0.4, 0.5) is 14.5 Å². The third kappa shape index (κ3) is 3.33. The van der Waals surface area contributed by atoms with E-state index in [1.54, 1.807) is 19.1 Å². The Labute approximate surface area is 148 Å². The third-order valence-electron chi connectivity index (χ3n) is 4.00. The molecule has 0 aliphatic carbocycles. The molecule has 2 heterocycles. The number of benzene rings is 1. The van der Waals surface area contributed by atoms with Crippen molar-refractivity contribution in [1.82, 2.24) is 9.78 Å². The first kappa shape index (κ1) is 17.7. The maximum Gasteiger partial charge on any atom is 0.282 e. The Balaban J connectivity index is 1.94. The molecule has 0 unspecified atom stereocenters. The largest absolute Gasteiger partial charge is 0.485 e. The second-order valence-electron chi connectivity index (χ2n) is 6.48. The van der Waals surface area contributed by atoms with Crippen LogP contribution in [-0.2, 0) is 13.0 Å². The Bertz CT molecular complexity index is 834. The summed E-state index contributed by atoms with van der Waals surface area (Å²) < 4.78 is 33.5. The monoisotopic (exact) mass is 369 g/mol. The van der Waals surface area contributed by atoms with Crippen molar-refractivity contribution in [3.63, 3.8) is 0 Å². The van der Waals surface area contributed by atoms with Gasteiger partial charge in [-0.15, -0.1) is 0 Å². The second-order valence-corrected chi connectivity index (χ2v) is 6.89. The number of ether oxygens (including phenoxy) is 1. The van der Waals surface area contributed by atoms with Gasteiger partial charge >= 0.3 is 0 Å². The van der Waals surface area contributed by atoms with Gasteiger partial charge in [0, 0.05) is 29.7 Å². The summed E-state index contributed by atoms with van der Waals surface area (Å²) in [6, 6.07) is 3.26. The summed E-state index contributed by atoms with van der Waals surface area (Å²) in [6.07, 6.45) is -0.918. The molecule has 1 aliphatic heterocycles. The van der Waals surface area contributed by atoms with Crippen LogP contribution in [0.1, 0.15) is 48.8 Å². The van der Waals surface area contributed by atoms with Crippen molar-refractivity contribution in [3.05, 3.63) is 40.2 Å². The fourth-order valence-electron chi connectivity index (χ4n) is 2.85. The number of nitrogens with zero attached hydrogens (tertiary/aromatic N) is 2. The maximum absolute atomic E-state index is 13.2. The number of nitrogens with one attached hydrogen (secondary N) is 1. The first-order valence-electron chi connectivity index (χ1n) is 7.89. The van der Waals surface area contributed by atoms with Gasteiger partial charge in [-0.1, -0.05) is 11.6 Å². The minimum atomic E-state index is -2.83. The lowest BCUT2D eigenvalue weighted by molar-refractivity contribution is 0.100. The van der Waals surface area contributed by atoms with Crippen molar-refractivity contribution in [3.8, 4) is 5.75 Å². The fourth-order valence-corrected chi connectivity index (χ4v) is 3.06. The summed E-state index contributed by atoms with van der Waals surface area (Å²) in [6.45, 7) is 5.97. The quantitative estimate of drug-likeness (QED) is 0.865. The molecule has 5 nitrogen and oxygen atoms in total. The van der Waals surface area contributed by atoms with Gasteiger partial charge in [0.25, 0.3) is 12.3 Å². The summed E-state index contributed by atoms with van der Waals surface area (Å²) in [5.74, 6) is -0.180. The first-order valence-corrected chi connectivity index (χ1v) is 8.27. The van der Waals surface area contributed by atoms with Crippen molar-refractivity contribution in [2.75, 3.05) is 5.32 Å². The lowest BCUT2D eigenvalue weighted by Crippen LogP contribution is -2.25. The number of halogens is 3. The Kier molecular flexibility index (Phi) is 4.45. The predicted molar refractivity (Wildman–Crippen MR) is 90.7 cm³/mol. The Morgan fingerprint density at radius 1 is 1.48 bits per heavy atom. The number of amides is 1. The molecule has 1 aliphatic rings. The maximum atomic E-state index is 13.2. The SMILES string of the molecule is CCn1cc(C(=O)Nc2ccc(Cl)c3c2OC(C)(C)C3)c(C(F)F)n1. The lowest BCUT2D eigenvalue weighted by atomic mass is 10.0. The number of alkyl halides is 2. The highest BCUT2D eigenvalue weighted by atomic mass is 35.5. The van der Waals surface area contributed by atoms with Gasteiger partial charge in [0.05, 0.1) is 11.3 Å². The van der Waals surface area contributed by atoms with E-state index in [2.05, 4.69) is 10.4 Å². The normalized spacial score (nSPS) is 15.2. The van der Waals surface area contributed by atoms with Crippen LogP contribution in [0.5, 0.6) is 5.75 Å². The zero-order valence-electron chi connectivity index (χ0n) is 14.1. The van der Waals surface area contributed by atoms with Crippen LogP contribution < -0.4 is 10.1 Å². The molecular weight excluding hydrogens is 352 g/mol. The molecular formula is C17H18ClF2N3O2. The van der Waals surface area contributed by atoms with Crippen molar-refractivity contribution >= 4 is 23.2 Å². The molecule has 0 atom stereocenters. The molecule has 1 aromatic carbocycles. The molecule has 0 bridgehead atoms. The number of hydrogen-bond acceptors (Lipinski definition) is 3. The summed E-state index contributed by atoms with van der Waals surface area (Å²) in [5.41, 5.74) is 0.0554. The zero-order chi connectivity index (χ0) is 18.4. The van der Waals surface area contributed by atoms with Crippen molar-refractivity contribution in [2.45, 2.75) is 45.8 Å². The van der Waals surface area contributed by atoms with Gasteiger partial charge in [-0.25, -0.2) is 8.78 Å². The van der Waals surface area contributed by atoms with E-state index in [9.17, 15) is 13.6 Å². The summed E-state index contributed by atoms with van der Waals surface area (Å²) in [7, 11) is 0. The van der Waals surface area contributed by atoms with E-state index in [4.69, 9.17) is 16.3 Å². The topological polar surface area (TPSA) is 56.2 Å². The Morgan fingerprint density at radius 2 is 2.20 bits per heavy atom. The summed E-state index contributed by atoms with van der Waals surface area (Å²) in [5, 5.41) is 6.95. The lowest BCUT2D eigenvalue weighted by Gasteiger charge is -2.18. The number of carbonyl (C=O) groups excluding carboxylic acids is 1. The van der Waals surface area contributed by atoms with Crippen molar-refractivity contribution < 1.29 is 18.3 Å². The van der Waals surface area contributed by atoms with Crippen LogP contribution in [0.2, 0.25) is 5.02 Å². The fraction of sp³-hybridized carbons (Fsp3) is 0.412. The number of anilines is 1. The predicted octanol–water partition coefficient (Wildman–Crippen LogP) is 4.46. The van der Waals surface area contributed by atoms with Crippen LogP contribution in [0.25, 0.3) is 0 Å². The van der Waals surface area contributed by atoms with Crippen LogP contribution in [0.3, 0.4) is 0 Å². The van der Waals surface area contributed by atoms with Gasteiger partial charge in [0.1, 0.15) is 17.0 Å². The molecule has 3 rings (SSSR count). The molecule has 1 N–H and O–H groups in total. The van der Waals surface area contributed by atoms with E-state index >= 15 is 0 Å². The number of aromatic nitrogens is 2. The number of fused-ring (bicyclic) bond motifs is 1. The van der Waals surface area contributed by atoms with E-state index in [0.717, 1.165) is 5.56 Å². The van der Waals surface area contributed by atoms with Crippen molar-refractivity contribution in [1.29, 1.82) is 0 Å². The zero-order valence-corrected chi connectivity index (χ0v) is 14.8. The average molecular weight is 370 g/mol. The highest BCUT2D eigenvalue weighted by Gasteiger charge is 2.34. The van der Waals surface area contributed by atoms with Gasteiger partial charge < -0.3 is 10.1 Å². The molecule has 134 valence electrons. The average Bonchev–Trinajstić information content (AvgIpc) is 3.11. The number of hydrogen-bond donors (Lipinski definition) is 1. The molecule has 1 aromatic heterocycles. The molecule has 0 fully saturated rings. The number of rotatable bonds is 4. The highest BCUT2D eigenvalue weighted by molar-refractivity contribution is 6.31. The summed E-state index contributed by atoms with van der Waals surface area (Å²) in [4.78, 5) is 12.5. The van der Waals surface area contributed by atoms with E-state index < -0.39 is 23.6 Å². The number of aryl methyl sites for hydroxylation is 1. The number of carbonyl (C=O) groups is 1. The van der Waals surface area contributed by atoms with E-state index in [-0.39, 0.29) is 5.56 Å². The second kappa shape index (κ2) is 6.29. The Morgan fingerprint density at radius 3 is 2.84 bits per heavy atom. The Hall–Kier alpha value is -2.15. The molecule has 2 aromatic rings. The van der Waals surface area contributed by atoms with E-state index in [0.29, 0.717) is 29.4 Å². The van der Waals surface area contributed by atoms with Crippen LogP contribution >= 0.6 is 11.6 Å². The van der Waals surface area contributed by atoms with Crippen LogP contribution in [0, 0.1) is 0 Å². The van der Waals surface area contributed by atoms with Gasteiger partial charge in [-0.2, -0.15) is 5.10 Å². The minimum absolute atomic E-state index is 0.155. The third-order valence-corrected chi connectivity index (χ3v) is 4.35. The highest BCUT2D eigenvalue weighted by Crippen LogP contribution is 2.44. The molecule has 25 heavy (non-hydrogen) atoms.